The van der Waals surface area contributed by atoms with Crippen molar-refractivity contribution in [1.82, 2.24) is 10.2 Å². The molecule has 106 valence electrons. The molecule has 1 aromatic carbocycles. The van der Waals surface area contributed by atoms with E-state index in [1.807, 2.05) is 11.3 Å². The van der Waals surface area contributed by atoms with Gasteiger partial charge in [-0.3, -0.25) is 4.90 Å². The minimum absolute atomic E-state index is 0.446. The van der Waals surface area contributed by atoms with Gasteiger partial charge in [-0.05, 0) is 47.1 Å². The van der Waals surface area contributed by atoms with Crippen molar-refractivity contribution in [2.75, 3.05) is 19.6 Å². The number of benzene rings is 1. The van der Waals surface area contributed by atoms with Gasteiger partial charge in [0.15, 0.2) is 0 Å². The van der Waals surface area contributed by atoms with Gasteiger partial charge >= 0.3 is 0 Å². The lowest BCUT2D eigenvalue weighted by Crippen LogP contribution is -2.30. The minimum Gasteiger partial charge on any atom is -0.309 e. The third-order valence-electron chi connectivity index (χ3n) is 3.69. The van der Waals surface area contributed by atoms with Gasteiger partial charge in [0.05, 0.1) is 0 Å². The molecule has 3 rings (SSSR count). The van der Waals surface area contributed by atoms with Crippen LogP contribution < -0.4 is 5.32 Å². The van der Waals surface area contributed by atoms with Crippen LogP contribution in [-0.4, -0.2) is 24.5 Å². The van der Waals surface area contributed by atoms with Crippen LogP contribution in [0.2, 0.25) is 0 Å². The molecule has 0 spiro atoms. The van der Waals surface area contributed by atoms with Crippen LogP contribution in [0.1, 0.15) is 22.9 Å². The minimum atomic E-state index is 0.446. The monoisotopic (exact) mass is 350 g/mol. The van der Waals surface area contributed by atoms with Gasteiger partial charge in [-0.15, -0.1) is 11.3 Å². The number of thiophene rings is 1. The van der Waals surface area contributed by atoms with E-state index in [1.54, 1.807) is 0 Å². The van der Waals surface area contributed by atoms with Gasteiger partial charge in [0.2, 0.25) is 0 Å². The largest absolute Gasteiger partial charge is 0.309 e. The Kier molecular flexibility index (Phi) is 4.89. The molecule has 1 fully saturated rings. The smallest absolute Gasteiger partial charge is 0.0449 e. The van der Waals surface area contributed by atoms with E-state index in [9.17, 15) is 0 Å². The van der Waals surface area contributed by atoms with Gasteiger partial charge in [-0.2, -0.15) is 0 Å². The molecule has 2 nitrogen and oxygen atoms in total. The molecule has 1 aromatic heterocycles. The van der Waals surface area contributed by atoms with Crippen LogP contribution in [0.4, 0.5) is 0 Å². The van der Waals surface area contributed by atoms with Gasteiger partial charge in [0.25, 0.3) is 0 Å². The maximum atomic E-state index is 3.67. The van der Waals surface area contributed by atoms with E-state index in [0.717, 1.165) is 19.6 Å². The number of rotatable bonds is 3. The molecule has 1 aliphatic heterocycles. The normalized spacial score (nSPS) is 20.8. The van der Waals surface area contributed by atoms with E-state index >= 15 is 0 Å². The first-order chi connectivity index (χ1) is 9.81. The average Bonchev–Trinajstić information content (AvgIpc) is 2.74. The van der Waals surface area contributed by atoms with E-state index in [-0.39, 0.29) is 0 Å². The zero-order chi connectivity index (χ0) is 13.8. The van der Waals surface area contributed by atoms with Gasteiger partial charge in [0.1, 0.15) is 0 Å². The summed E-state index contributed by atoms with van der Waals surface area (Å²) in [5.74, 6) is 0. The molecule has 2 heterocycles. The van der Waals surface area contributed by atoms with Crippen molar-refractivity contribution in [3.05, 3.63) is 56.7 Å². The molecule has 1 saturated heterocycles. The summed E-state index contributed by atoms with van der Waals surface area (Å²) >= 11 is 5.38. The van der Waals surface area contributed by atoms with Gasteiger partial charge in [0, 0.05) is 33.9 Å². The van der Waals surface area contributed by atoms with Crippen molar-refractivity contribution in [2.45, 2.75) is 19.0 Å². The molecule has 2 aromatic rings. The Hall–Kier alpha value is -0.680. The Bertz CT molecular complexity index is 540. The van der Waals surface area contributed by atoms with E-state index in [1.165, 1.54) is 27.9 Å². The maximum absolute atomic E-state index is 3.67. The van der Waals surface area contributed by atoms with Crippen LogP contribution in [-0.2, 0) is 6.54 Å². The Morgan fingerprint density at radius 3 is 2.90 bits per heavy atom. The molecule has 0 radical (unpaired) electrons. The number of halogens is 1. The van der Waals surface area contributed by atoms with Crippen molar-refractivity contribution in [3.63, 3.8) is 0 Å². The van der Waals surface area contributed by atoms with Crippen LogP contribution in [0.15, 0.2) is 46.3 Å². The van der Waals surface area contributed by atoms with Crippen LogP contribution in [0, 0.1) is 0 Å². The third-order valence-corrected chi connectivity index (χ3v) is 5.37. The summed E-state index contributed by atoms with van der Waals surface area (Å²) in [6.45, 7) is 4.41. The first-order valence-electron chi connectivity index (χ1n) is 7.05. The summed E-state index contributed by atoms with van der Waals surface area (Å²) in [4.78, 5) is 4.00. The third kappa shape index (κ3) is 3.70. The van der Waals surface area contributed by atoms with Crippen LogP contribution in [0.25, 0.3) is 0 Å². The summed E-state index contributed by atoms with van der Waals surface area (Å²) in [6, 6.07) is 13.5. The topological polar surface area (TPSA) is 15.3 Å². The number of nitrogens with zero attached hydrogens (tertiary/aromatic N) is 1. The molecule has 4 heteroatoms. The Morgan fingerprint density at radius 1 is 1.30 bits per heavy atom. The molecule has 1 N–H and O–H groups in total. The van der Waals surface area contributed by atoms with Crippen molar-refractivity contribution in [3.8, 4) is 0 Å². The fourth-order valence-electron chi connectivity index (χ4n) is 2.70. The fraction of sp³-hybridized carbons (Fsp3) is 0.375. The highest BCUT2D eigenvalue weighted by Crippen LogP contribution is 2.23. The highest BCUT2D eigenvalue weighted by atomic mass is 79.9. The standard InChI is InChI=1S/C16H19BrN2S/c17-14-9-15(20-12-14)10-19-8-4-7-18-16(11-19)13-5-2-1-3-6-13/h1-3,5-6,9,12,16,18H,4,7-8,10-11H2. The summed E-state index contributed by atoms with van der Waals surface area (Å²) < 4.78 is 1.20. The highest BCUT2D eigenvalue weighted by Gasteiger charge is 2.19. The van der Waals surface area contributed by atoms with Crippen LogP contribution in [0.5, 0.6) is 0 Å². The molecule has 0 aliphatic carbocycles. The first kappa shape index (κ1) is 14.3. The molecule has 1 aliphatic rings. The zero-order valence-electron chi connectivity index (χ0n) is 11.4. The molecular weight excluding hydrogens is 332 g/mol. The quantitative estimate of drug-likeness (QED) is 0.898. The van der Waals surface area contributed by atoms with Crippen molar-refractivity contribution in [1.29, 1.82) is 0 Å². The van der Waals surface area contributed by atoms with Crippen molar-refractivity contribution in [2.24, 2.45) is 0 Å². The number of hydrogen-bond acceptors (Lipinski definition) is 3. The fourth-order valence-corrected chi connectivity index (χ4v) is 4.19. The van der Waals surface area contributed by atoms with E-state index in [2.05, 4.69) is 67.9 Å². The second-order valence-corrected chi connectivity index (χ2v) is 7.15. The molecule has 0 amide bonds. The van der Waals surface area contributed by atoms with Crippen molar-refractivity contribution >= 4 is 27.3 Å². The van der Waals surface area contributed by atoms with Crippen LogP contribution >= 0.6 is 27.3 Å². The highest BCUT2D eigenvalue weighted by molar-refractivity contribution is 9.10. The maximum Gasteiger partial charge on any atom is 0.0449 e. The summed E-state index contributed by atoms with van der Waals surface area (Å²) in [5, 5.41) is 5.84. The Labute approximate surface area is 132 Å². The number of nitrogens with one attached hydrogen (secondary N) is 1. The lowest BCUT2D eigenvalue weighted by atomic mass is 10.1. The predicted octanol–water partition coefficient (Wildman–Crippen LogP) is 4.05. The Balaban J connectivity index is 1.69. The molecule has 1 unspecified atom stereocenters. The zero-order valence-corrected chi connectivity index (χ0v) is 13.8. The summed E-state index contributed by atoms with van der Waals surface area (Å²) in [5.41, 5.74) is 1.40. The molecule has 0 bridgehead atoms. The first-order valence-corrected chi connectivity index (χ1v) is 8.72. The SMILES string of the molecule is Brc1csc(CN2CCCNC(c3ccccc3)C2)c1. The van der Waals surface area contributed by atoms with Gasteiger partial charge in [-0.1, -0.05) is 30.3 Å². The Morgan fingerprint density at radius 2 is 2.15 bits per heavy atom. The predicted molar refractivity (Wildman–Crippen MR) is 89.1 cm³/mol. The lowest BCUT2D eigenvalue weighted by Gasteiger charge is -2.24. The van der Waals surface area contributed by atoms with Crippen LogP contribution in [0.3, 0.4) is 0 Å². The average molecular weight is 351 g/mol. The molecule has 20 heavy (non-hydrogen) atoms. The van der Waals surface area contributed by atoms with Gasteiger partial charge < -0.3 is 5.32 Å². The van der Waals surface area contributed by atoms with Crippen molar-refractivity contribution < 1.29 is 0 Å². The van der Waals surface area contributed by atoms with E-state index in [4.69, 9.17) is 0 Å². The van der Waals surface area contributed by atoms with Gasteiger partial charge in [-0.25, -0.2) is 0 Å². The summed E-state index contributed by atoms with van der Waals surface area (Å²) in [6.07, 6.45) is 1.22. The molecule has 1 atom stereocenters. The molecular formula is C16H19BrN2S. The number of hydrogen-bond donors (Lipinski definition) is 1. The van der Waals surface area contributed by atoms with E-state index in [0.29, 0.717) is 6.04 Å². The lowest BCUT2D eigenvalue weighted by molar-refractivity contribution is 0.263. The summed E-state index contributed by atoms with van der Waals surface area (Å²) in [7, 11) is 0. The second kappa shape index (κ2) is 6.85. The van der Waals surface area contributed by atoms with E-state index < -0.39 is 0 Å². The second-order valence-electron chi connectivity index (χ2n) is 5.24. The molecule has 0 saturated carbocycles.